The van der Waals surface area contributed by atoms with Gasteiger partial charge in [0, 0.05) is 36.5 Å². The van der Waals surface area contributed by atoms with Crippen molar-refractivity contribution in [3.63, 3.8) is 0 Å². The van der Waals surface area contributed by atoms with Crippen LogP contribution in [-0.2, 0) is 6.54 Å². The van der Waals surface area contributed by atoms with Crippen LogP contribution in [0.1, 0.15) is 27.3 Å². The van der Waals surface area contributed by atoms with Gasteiger partial charge in [-0.15, -0.1) is 11.3 Å². The van der Waals surface area contributed by atoms with E-state index >= 15 is 0 Å². The number of furan rings is 1. The second kappa shape index (κ2) is 8.90. The first kappa shape index (κ1) is 19.8. The lowest BCUT2D eigenvalue weighted by atomic mass is 9.91. The second-order valence-corrected chi connectivity index (χ2v) is 8.64. The van der Waals surface area contributed by atoms with Gasteiger partial charge in [-0.05, 0) is 37.6 Å². The van der Waals surface area contributed by atoms with E-state index < -0.39 is 0 Å². The van der Waals surface area contributed by atoms with E-state index in [0.717, 1.165) is 24.4 Å². The molecule has 29 heavy (non-hydrogen) atoms. The fraction of sp³-hybridized carbons (Fsp3) is 0.364. The van der Waals surface area contributed by atoms with E-state index in [0.29, 0.717) is 23.0 Å². The fourth-order valence-corrected chi connectivity index (χ4v) is 4.66. The largest absolute Gasteiger partial charge is 0.462 e. The van der Waals surface area contributed by atoms with Gasteiger partial charge in [0.1, 0.15) is 5.69 Å². The molecule has 0 unspecified atom stereocenters. The summed E-state index contributed by atoms with van der Waals surface area (Å²) in [4.78, 5) is 20.6. The van der Waals surface area contributed by atoms with Crippen molar-refractivity contribution in [2.75, 3.05) is 19.7 Å². The Hall–Kier alpha value is -2.48. The number of amides is 1. The summed E-state index contributed by atoms with van der Waals surface area (Å²) in [5, 5.41) is 13.6. The molecule has 1 aliphatic rings. The van der Waals surface area contributed by atoms with Crippen molar-refractivity contribution in [2.24, 2.45) is 5.92 Å². The average molecular weight is 412 g/mol. The van der Waals surface area contributed by atoms with Crippen LogP contribution in [0.15, 0.2) is 53.1 Å². The third kappa shape index (κ3) is 4.58. The monoisotopic (exact) mass is 411 g/mol. The van der Waals surface area contributed by atoms with Gasteiger partial charge in [0.25, 0.3) is 5.91 Å². The number of thiazole rings is 1. The van der Waals surface area contributed by atoms with E-state index in [4.69, 9.17) is 4.42 Å². The molecular weight excluding hydrogens is 386 g/mol. The zero-order chi connectivity index (χ0) is 20.2. The highest BCUT2D eigenvalue weighted by Crippen LogP contribution is 2.28. The number of hydrogen-bond acceptors (Lipinski definition) is 6. The van der Waals surface area contributed by atoms with Crippen LogP contribution in [0.25, 0.3) is 10.8 Å². The summed E-state index contributed by atoms with van der Waals surface area (Å²) in [5.74, 6) is 0.521. The van der Waals surface area contributed by atoms with Gasteiger partial charge in [-0.25, -0.2) is 4.98 Å². The Labute approximate surface area is 174 Å². The Bertz CT molecular complexity index is 940. The summed E-state index contributed by atoms with van der Waals surface area (Å²) in [5.41, 5.74) is 1.68. The van der Waals surface area contributed by atoms with E-state index in [-0.39, 0.29) is 24.5 Å². The molecule has 2 atom stereocenters. The van der Waals surface area contributed by atoms with E-state index in [1.54, 1.807) is 12.3 Å². The summed E-state index contributed by atoms with van der Waals surface area (Å²) in [6.07, 6.45) is 2.45. The number of rotatable bonds is 6. The van der Waals surface area contributed by atoms with Crippen molar-refractivity contribution in [3.8, 4) is 10.8 Å². The smallest absolute Gasteiger partial charge is 0.271 e. The van der Waals surface area contributed by atoms with Crippen molar-refractivity contribution in [1.29, 1.82) is 0 Å². The molecule has 1 saturated heterocycles. The highest BCUT2D eigenvalue weighted by Gasteiger charge is 2.31. The fourth-order valence-electron chi connectivity index (χ4n) is 3.78. The number of aliphatic hydroxyl groups excluding tert-OH is 1. The standard InChI is InChI=1S/C22H25N3O3S/c1-15-20(24-22(29-15)19-8-5-11-28-19)21(27)23-18-13-25(10-9-17(18)14-26)12-16-6-3-2-4-7-16/h2-8,11,17-18,26H,9-10,12-14H2,1H3,(H,23,27)/t17-,18-/m0/s1. The Morgan fingerprint density at radius 2 is 2.14 bits per heavy atom. The molecule has 3 aromatic rings. The molecule has 0 spiro atoms. The summed E-state index contributed by atoms with van der Waals surface area (Å²) < 4.78 is 5.40. The number of carbonyl (C=O) groups is 1. The molecule has 0 saturated carbocycles. The minimum absolute atomic E-state index is 0.0504. The summed E-state index contributed by atoms with van der Waals surface area (Å²) in [7, 11) is 0. The lowest BCUT2D eigenvalue weighted by molar-refractivity contribution is 0.0727. The molecule has 0 bridgehead atoms. The number of likely N-dealkylation sites (tertiary alicyclic amines) is 1. The first-order chi connectivity index (χ1) is 14.1. The topological polar surface area (TPSA) is 78.6 Å². The van der Waals surface area contributed by atoms with Gasteiger partial charge in [-0.3, -0.25) is 9.69 Å². The van der Waals surface area contributed by atoms with Crippen LogP contribution in [0.5, 0.6) is 0 Å². The molecule has 152 valence electrons. The van der Waals surface area contributed by atoms with Gasteiger partial charge in [0.05, 0.1) is 6.26 Å². The third-order valence-electron chi connectivity index (χ3n) is 5.38. The molecule has 7 heteroatoms. The lowest BCUT2D eigenvalue weighted by Crippen LogP contribution is -2.53. The van der Waals surface area contributed by atoms with Gasteiger partial charge in [-0.2, -0.15) is 0 Å². The van der Waals surface area contributed by atoms with Gasteiger partial charge in [0.15, 0.2) is 10.8 Å². The molecule has 3 heterocycles. The maximum absolute atomic E-state index is 12.9. The number of aromatic nitrogens is 1. The van der Waals surface area contributed by atoms with Crippen molar-refractivity contribution in [1.82, 2.24) is 15.2 Å². The number of benzene rings is 1. The number of aryl methyl sites for hydroxylation is 1. The second-order valence-electron chi connectivity index (χ2n) is 7.43. The Kier molecular flexibility index (Phi) is 6.08. The molecule has 1 amide bonds. The van der Waals surface area contributed by atoms with E-state index in [1.807, 2.05) is 31.2 Å². The summed E-state index contributed by atoms with van der Waals surface area (Å²) in [6, 6.07) is 13.8. The molecule has 1 fully saturated rings. The minimum Gasteiger partial charge on any atom is -0.462 e. The number of hydrogen-bond donors (Lipinski definition) is 2. The van der Waals surface area contributed by atoms with Crippen LogP contribution in [-0.4, -0.2) is 46.6 Å². The Morgan fingerprint density at radius 1 is 1.31 bits per heavy atom. The lowest BCUT2D eigenvalue weighted by Gasteiger charge is -2.38. The number of nitrogens with zero attached hydrogens (tertiary/aromatic N) is 2. The van der Waals surface area contributed by atoms with Gasteiger partial charge >= 0.3 is 0 Å². The maximum atomic E-state index is 12.9. The number of aliphatic hydroxyl groups is 1. The first-order valence-corrected chi connectivity index (χ1v) is 10.6. The SMILES string of the molecule is Cc1sc(-c2ccco2)nc1C(=O)N[C@H]1CN(Cc2ccccc2)CC[C@H]1CO. The van der Waals surface area contributed by atoms with Crippen LogP contribution in [0.4, 0.5) is 0 Å². The summed E-state index contributed by atoms with van der Waals surface area (Å²) >= 11 is 1.45. The molecule has 4 rings (SSSR count). The van der Waals surface area contributed by atoms with E-state index in [1.165, 1.54) is 16.9 Å². The zero-order valence-electron chi connectivity index (χ0n) is 16.4. The maximum Gasteiger partial charge on any atom is 0.271 e. The van der Waals surface area contributed by atoms with Crippen molar-refractivity contribution < 1.29 is 14.3 Å². The van der Waals surface area contributed by atoms with Crippen molar-refractivity contribution in [2.45, 2.75) is 25.9 Å². The molecule has 2 N–H and O–H groups in total. The van der Waals surface area contributed by atoms with Crippen molar-refractivity contribution >= 4 is 17.2 Å². The third-order valence-corrected chi connectivity index (χ3v) is 6.37. The number of carbonyl (C=O) groups excluding carboxylic acids is 1. The Morgan fingerprint density at radius 3 is 2.86 bits per heavy atom. The highest BCUT2D eigenvalue weighted by molar-refractivity contribution is 7.15. The van der Waals surface area contributed by atoms with Gasteiger partial charge in [0.2, 0.25) is 0 Å². The van der Waals surface area contributed by atoms with Crippen LogP contribution in [0.3, 0.4) is 0 Å². The van der Waals surface area contributed by atoms with Crippen LogP contribution >= 0.6 is 11.3 Å². The predicted molar refractivity (Wildman–Crippen MR) is 113 cm³/mol. The quantitative estimate of drug-likeness (QED) is 0.651. The van der Waals surface area contributed by atoms with E-state index in [9.17, 15) is 9.90 Å². The molecule has 2 aromatic heterocycles. The molecule has 1 aliphatic heterocycles. The normalized spacial score (nSPS) is 19.9. The van der Waals surface area contributed by atoms with Crippen molar-refractivity contribution in [3.05, 3.63) is 64.9 Å². The van der Waals surface area contributed by atoms with Crippen LogP contribution < -0.4 is 5.32 Å². The van der Waals surface area contributed by atoms with Gasteiger partial charge in [-0.1, -0.05) is 30.3 Å². The average Bonchev–Trinajstić information content (AvgIpc) is 3.39. The molecule has 6 nitrogen and oxygen atoms in total. The van der Waals surface area contributed by atoms with Crippen LogP contribution in [0.2, 0.25) is 0 Å². The van der Waals surface area contributed by atoms with Gasteiger partial charge < -0.3 is 14.8 Å². The first-order valence-electron chi connectivity index (χ1n) is 9.83. The number of piperidine rings is 1. The van der Waals surface area contributed by atoms with Crippen LogP contribution in [0, 0.1) is 12.8 Å². The molecular formula is C22H25N3O3S. The zero-order valence-corrected chi connectivity index (χ0v) is 17.2. The highest BCUT2D eigenvalue weighted by atomic mass is 32.1. The summed E-state index contributed by atoms with van der Waals surface area (Å²) in [6.45, 7) is 4.41. The molecule has 0 aliphatic carbocycles. The molecule has 0 radical (unpaired) electrons. The predicted octanol–water partition coefficient (Wildman–Crippen LogP) is 3.32. The Balaban J connectivity index is 1.45. The minimum atomic E-state index is -0.193. The number of nitrogens with one attached hydrogen (secondary N) is 1. The van der Waals surface area contributed by atoms with E-state index in [2.05, 4.69) is 27.3 Å². The molecule has 1 aromatic carbocycles.